The summed E-state index contributed by atoms with van der Waals surface area (Å²) >= 11 is 0. The van der Waals surface area contributed by atoms with E-state index >= 15 is 0 Å². The Hall–Kier alpha value is -2.66. The molecule has 0 saturated heterocycles. The second-order valence-electron chi connectivity index (χ2n) is 5.41. The summed E-state index contributed by atoms with van der Waals surface area (Å²) in [6.45, 7) is 4.58. The van der Waals surface area contributed by atoms with Gasteiger partial charge >= 0.3 is 0 Å². The summed E-state index contributed by atoms with van der Waals surface area (Å²) in [7, 11) is -0.671. The summed E-state index contributed by atoms with van der Waals surface area (Å²) in [5.41, 5.74) is 2.68. The Morgan fingerprint density at radius 2 is 2.00 bits per heavy atom. The van der Waals surface area contributed by atoms with Crippen molar-refractivity contribution in [3.8, 4) is 11.3 Å². The Balaban J connectivity index is 1.68. The largest absolute Gasteiger partial charge is 0.336 e. The number of hydrogen-bond donors (Lipinski definition) is 0. The van der Waals surface area contributed by atoms with Crippen LogP contribution in [0.15, 0.2) is 61.3 Å². The molecule has 0 bridgehead atoms. The van der Waals surface area contributed by atoms with Gasteiger partial charge in [-0.05, 0) is 24.3 Å². The average Bonchev–Trinajstić information content (AvgIpc) is 2.66. The summed E-state index contributed by atoms with van der Waals surface area (Å²) in [5.74, 6) is -0.222. The highest BCUT2D eigenvalue weighted by atomic mass is 31.1. The number of pyridine rings is 1. The van der Waals surface area contributed by atoms with Crippen molar-refractivity contribution >= 4 is 14.8 Å². The molecule has 6 nitrogen and oxygen atoms in total. The fourth-order valence-electron chi connectivity index (χ4n) is 2.38. The van der Waals surface area contributed by atoms with E-state index < -0.39 is 8.89 Å². The quantitative estimate of drug-likeness (QED) is 0.588. The zero-order valence-electron chi connectivity index (χ0n) is 13.5. The van der Waals surface area contributed by atoms with Crippen molar-refractivity contribution in [2.24, 2.45) is 0 Å². The van der Waals surface area contributed by atoms with Gasteiger partial charge in [0.2, 0.25) is 0 Å². The summed E-state index contributed by atoms with van der Waals surface area (Å²) in [5, 5.41) is 8.42. The second kappa shape index (κ2) is 7.94. The molecule has 8 heteroatoms. The van der Waals surface area contributed by atoms with Crippen LogP contribution in [0.4, 0.5) is 4.20 Å². The zero-order chi connectivity index (χ0) is 17.6. The predicted molar refractivity (Wildman–Crippen MR) is 95.1 cm³/mol. The van der Waals surface area contributed by atoms with Gasteiger partial charge in [-0.2, -0.15) is 10.2 Å². The Labute approximate surface area is 147 Å². The third-order valence-electron chi connectivity index (χ3n) is 3.74. The standard InChI is InChI=1S/C17H17FN5OP/c1-13-17(24)22(9-10-25-18)7-8-23(13)12-15-4-5-16(21-20-15)14-3-2-6-19-11-14/h2-8,11,25H,1,9-10,12H2. The van der Waals surface area contributed by atoms with Crippen LogP contribution in [0.2, 0.25) is 0 Å². The van der Waals surface area contributed by atoms with Crippen molar-refractivity contribution in [3.63, 3.8) is 0 Å². The van der Waals surface area contributed by atoms with E-state index in [1.165, 1.54) is 4.90 Å². The first-order chi connectivity index (χ1) is 12.2. The van der Waals surface area contributed by atoms with Crippen LogP contribution in [0, 0.1) is 0 Å². The molecule has 0 fully saturated rings. The van der Waals surface area contributed by atoms with Gasteiger partial charge in [0, 0.05) is 43.1 Å². The van der Waals surface area contributed by atoms with Gasteiger partial charge in [0.05, 0.1) is 26.8 Å². The van der Waals surface area contributed by atoms with Crippen molar-refractivity contribution in [2.45, 2.75) is 6.54 Å². The first kappa shape index (κ1) is 17.2. The lowest BCUT2D eigenvalue weighted by Gasteiger charge is -2.30. The fraction of sp³-hybridized carbons (Fsp3) is 0.176. The molecule has 3 heterocycles. The lowest BCUT2D eigenvalue weighted by molar-refractivity contribution is -0.126. The lowest BCUT2D eigenvalue weighted by Crippen LogP contribution is -2.38. The number of aromatic nitrogens is 3. The van der Waals surface area contributed by atoms with E-state index in [1.54, 1.807) is 29.7 Å². The van der Waals surface area contributed by atoms with Gasteiger partial charge in [-0.1, -0.05) is 6.58 Å². The number of rotatable bonds is 6. The Kier molecular flexibility index (Phi) is 5.46. The molecule has 1 aliphatic rings. The lowest BCUT2D eigenvalue weighted by atomic mass is 10.2. The van der Waals surface area contributed by atoms with Crippen molar-refractivity contribution in [3.05, 3.63) is 67.0 Å². The maximum atomic E-state index is 12.3. The van der Waals surface area contributed by atoms with E-state index in [0.717, 1.165) is 11.3 Å². The molecule has 128 valence electrons. The highest BCUT2D eigenvalue weighted by Crippen LogP contribution is 2.20. The van der Waals surface area contributed by atoms with Crippen LogP contribution in [0.1, 0.15) is 5.69 Å². The second-order valence-corrected chi connectivity index (χ2v) is 6.17. The third kappa shape index (κ3) is 4.06. The maximum absolute atomic E-state index is 12.3. The molecule has 0 spiro atoms. The van der Waals surface area contributed by atoms with E-state index in [9.17, 15) is 8.99 Å². The van der Waals surface area contributed by atoms with Crippen molar-refractivity contribution in [2.75, 3.05) is 12.7 Å². The van der Waals surface area contributed by atoms with Crippen LogP contribution in [-0.2, 0) is 11.3 Å². The smallest absolute Gasteiger partial charge is 0.273 e. The summed E-state index contributed by atoms with van der Waals surface area (Å²) < 4.78 is 12.3. The van der Waals surface area contributed by atoms with Gasteiger partial charge in [-0.15, -0.1) is 0 Å². The van der Waals surface area contributed by atoms with Crippen molar-refractivity contribution in [1.82, 2.24) is 25.0 Å². The van der Waals surface area contributed by atoms with Crippen LogP contribution >= 0.6 is 8.89 Å². The SMILES string of the molecule is C=C1C(=O)N(CCPF)C=CN1Cc1ccc(-c2cccnc2)nn1. The molecule has 1 amide bonds. The molecule has 2 aromatic heterocycles. The molecule has 2 aromatic rings. The van der Waals surface area contributed by atoms with Crippen molar-refractivity contribution in [1.29, 1.82) is 0 Å². The highest BCUT2D eigenvalue weighted by Gasteiger charge is 2.23. The molecular formula is C17H17FN5OP. The molecule has 0 N–H and O–H groups in total. The number of carbonyl (C=O) groups excluding carboxylic acids is 1. The first-order valence-electron chi connectivity index (χ1n) is 7.70. The average molecular weight is 357 g/mol. The zero-order valence-corrected chi connectivity index (χ0v) is 14.5. The molecule has 1 atom stereocenters. The van der Waals surface area contributed by atoms with Crippen LogP contribution in [0.3, 0.4) is 0 Å². The van der Waals surface area contributed by atoms with Gasteiger partial charge in [0.25, 0.3) is 5.91 Å². The van der Waals surface area contributed by atoms with E-state index in [2.05, 4.69) is 21.8 Å². The minimum Gasteiger partial charge on any atom is -0.336 e. The minimum absolute atomic E-state index is 0.222. The van der Waals surface area contributed by atoms with Crippen LogP contribution in [0.5, 0.6) is 0 Å². The summed E-state index contributed by atoms with van der Waals surface area (Å²) in [6, 6.07) is 7.48. The Bertz CT molecular complexity index is 781. The first-order valence-corrected chi connectivity index (χ1v) is 8.79. The third-order valence-corrected chi connectivity index (χ3v) is 4.15. The number of halogens is 1. The molecule has 0 aromatic carbocycles. The summed E-state index contributed by atoms with van der Waals surface area (Å²) in [4.78, 5) is 19.5. The van der Waals surface area contributed by atoms with Gasteiger partial charge < -0.3 is 9.80 Å². The molecule has 1 aliphatic heterocycles. The molecule has 0 radical (unpaired) electrons. The van der Waals surface area contributed by atoms with E-state index in [1.807, 2.05) is 24.3 Å². The number of carbonyl (C=O) groups is 1. The number of amides is 1. The van der Waals surface area contributed by atoms with Crippen LogP contribution in [-0.4, -0.2) is 43.6 Å². The molecular weight excluding hydrogens is 340 g/mol. The topological polar surface area (TPSA) is 62.2 Å². The highest BCUT2D eigenvalue weighted by molar-refractivity contribution is 7.31. The van der Waals surface area contributed by atoms with E-state index in [-0.39, 0.29) is 5.91 Å². The Morgan fingerprint density at radius 3 is 2.68 bits per heavy atom. The molecule has 0 aliphatic carbocycles. The molecule has 1 unspecified atom stereocenters. The molecule has 0 saturated carbocycles. The molecule has 25 heavy (non-hydrogen) atoms. The van der Waals surface area contributed by atoms with Gasteiger partial charge in [0.1, 0.15) is 5.70 Å². The van der Waals surface area contributed by atoms with E-state index in [4.69, 9.17) is 0 Å². The monoisotopic (exact) mass is 357 g/mol. The van der Waals surface area contributed by atoms with Gasteiger partial charge in [-0.3, -0.25) is 9.78 Å². The van der Waals surface area contributed by atoms with Gasteiger partial charge in [-0.25, -0.2) is 4.20 Å². The van der Waals surface area contributed by atoms with E-state index in [0.29, 0.717) is 30.6 Å². The molecule has 3 rings (SSSR count). The maximum Gasteiger partial charge on any atom is 0.273 e. The fourth-order valence-corrected chi connectivity index (χ4v) is 2.71. The van der Waals surface area contributed by atoms with Gasteiger partial charge in [0.15, 0.2) is 0 Å². The minimum atomic E-state index is -0.671. The normalized spacial score (nSPS) is 14.8. The van der Waals surface area contributed by atoms with Crippen LogP contribution in [0.25, 0.3) is 11.3 Å². The number of nitrogens with zero attached hydrogens (tertiary/aromatic N) is 5. The predicted octanol–water partition coefficient (Wildman–Crippen LogP) is 2.73. The summed E-state index contributed by atoms with van der Waals surface area (Å²) in [6.07, 6.45) is 7.17. The van der Waals surface area contributed by atoms with Crippen molar-refractivity contribution < 1.29 is 8.99 Å². The van der Waals surface area contributed by atoms with Crippen LogP contribution < -0.4 is 0 Å². The Morgan fingerprint density at radius 1 is 1.16 bits per heavy atom. The number of hydrogen-bond acceptors (Lipinski definition) is 5.